The van der Waals surface area contributed by atoms with Gasteiger partial charge in [-0.05, 0) is 11.6 Å². The Labute approximate surface area is 114 Å². The molecule has 1 aromatic rings. The first-order chi connectivity index (χ1) is 8.94. The summed E-state index contributed by atoms with van der Waals surface area (Å²) >= 11 is 0. The monoisotopic (exact) mass is 284 g/mol. The van der Waals surface area contributed by atoms with Crippen molar-refractivity contribution >= 4 is 21.4 Å². The molecule has 0 heterocycles. The van der Waals surface area contributed by atoms with E-state index in [1.807, 2.05) is 24.3 Å². The molecule has 0 atom stereocenters. The van der Waals surface area contributed by atoms with Gasteiger partial charge in [0.25, 0.3) is 0 Å². The molecule has 0 unspecified atom stereocenters. The van der Waals surface area contributed by atoms with Crippen LogP contribution in [0.25, 0.3) is 0 Å². The van der Waals surface area contributed by atoms with Gasteiger partial charge in [0.05, 0.1) is 5.75 Å². The first kappa shape index (κ1) is 15.7. The van der Waals surface area contributed by atoms with Crippen molar-refractivity contribution in [2.75, 3.05) is 23.4 Å². The van der Waals surface area contributed by atoms with E-state index in [4.69, 9.17) is 0 Å². The summed E-state index contributed by atoms with van der Waals surface area (Å²) in [7, 11) is -2.94. The van der Waals surface area contributed by atoms with E-state index in [9.17, 15) is 13.2 Å². The molecule has 0 fully saturated rings. The predicted octanol–water partition coefficient (Wildman–Crippen LogP) is 1.17. The van der Waals surface area contributed by atoms with Gasteiger partial charge in [-0.1, -0.05) is 25.1 Å². The highest BCUT2D eigenvalue weighted by atomic mass is 32.2. The van der Waals surface area contributed by atoms with E-state index in [1.54, 1.807) is 6.92 Å². The maximum Gasteiger partial charge on any atom is 0.221 e. The lowest BCUT2D eigenvalue weighted by molar-refractivity contribution is -0.114. The highest BCUT2D eigenvalue weighted by Gasteiger charge is 2.07. The van der Waals surface area contributed by atoms with Crippen molar-refractivity contribution in [2.45, 2.75) is 20.4 Å². The number of anilines is 1. The van der Waals surface area contributed by atoms with Crippen LogP contribution in [0.5, 0.6) is 0 Å². The van der Waals surface area contributed by atoms with E-state index in [0.717, 1.165) is 11.3 Å². The number of hydrogen-bond donors (Lipinski definition) is 2. The minimum Gasteiger partial charge on any atom is -0.326 e. The maximum atomic E-state index is 11.3. The molecule has 0 saturated carbocycles. The Bertz CT molecular complexity index is 526. The molecule has 0 aromatic heterocycles. The first-order valence-corrected chi connectivity index (χ1v) is 8.03. The Morgan fingerprint density at radius 2 is 1.95 bits per heavy atom. The third kappa shape index (κ3) is 5.85. The van der Waals surface area contributed by atoms with Crippen LogP contribution < -0.4 is 10.6 Å². The van der Waals surface area contributed by atoms with Crippen LogP contribution in [0, 0.1) is 0 Å². The molecule has 0 spiro atoms. The van der Waals surface area contributed by atoms with E-state index in [2.05, 4.69) is 10.6 Å². The quantitative estimate of drug-likeness (QED) is 0.737. The summed E-state index contributed by atoms with van der Waals surface area (Å²) in [5, 5.41) is 5.82. The molecular weight excluding hydrogens is 264 g/mol. The normalized spacial score (nSPS) is 11.3. The van der Waals surface area contributed by atoms with Crippen LogP contribution in [0.1, 0.15) is 19.4 Å². The molecule has 5 nitrogen and oxygen atoms in total. The number of carbonyl (C=O) groups excluding carboxylic acids is 1. The van der Waals surface area contributed by atoms with Gasteiger partial charge in [0.15, 0.2) is 9.84 Å². The van der Waals surface area contributed by atoms with Gasteiger partial charge in [-0.2, -0.15) is 0 Å². The van der Waals surface area contributed by atoms with Crippen molar-refractivity contribution in [1.29, 1.82) is 0 Å². The topological polar surface area (TPSA) is 75.3 Å². The molecule has 19 heavy (non-hydrogen) atoms. The minimum absolute atomic E-state index is 0.124. The van der Waals surface area contributed by atoms with Crippen LogP contribution in [0.15, 0.2) is 24.3 Å². The van der Waals surface area contributed by atoms with Crippen molar-refractivity contribution in [1.82, 2.24) is 5.32 Å². The molecule has 0 aliphatic rings. The van der Waals surface area contributed by atoms with Gasteiger partial charge in [-0.15, -0.1) is 0 Å². The largest absolute Gasteiger partial charge is 0.326 e. The van der Waals surface area contributed by atoms with Crippen molar-refractivity contribution in [3.05, 3.63) is 29.8 Å². The first-order valence-electron chi connectivity index (χ1n) is 6.21. The second kappa shape index (κ2) is 7.25. The fourth-order valence-electron chi connectivity index (χ4n) is 1.58. The van der Waals surface area contributed by atoms with Crippen molar-refractivity contribution in [3.8, 4) is 0 Å². The number of benzene rings is 1. The van der Waals surface area contributed by atoms with Gasteiger partial charge >= 0.3 is 0 Å². The highest BCUT2D eigenvalue weighted by Crippen LogP contribution is 2.14. The standard InChI is InChI=1S/C13H20N2O3S/c1-3-19(17,18)9-8-14-10-12-6-4-5-7-13(12)15-11(2)16/h4-7,14H,3,8-10H2,1-2H3,(H,15,16). The van der Waals surface area contributed by atoms with Crippen molar-refractivity contribution in [3.63, 3.8) is 0 Å². The molecule has 0 aliphatic carbocycles. The molecule has 1 rings (SSSR count). The van der Waals surface area contributed by atoms with Crippen LogP contribution in [0.4, 0.5) is 5.69 Å². The molecular formula is C13H20N2O3S. The molecule has 0 bridgehead atoms. The lowest BCUT2D eigenvalue weighted by Gasteiger charge is -2.10. The lowest BCUT2D eigenvalue weighted by Crippen LogP contribution is -2.24. The van der Waals surface area contributed by atoms with Crippen LogP contribution >= 0.6 is 0 Å². The summed E-state index contributed by atoms with van der Waals surface area (Å²) in [5.41, 5.74) is 1.69. The van der Waals surface area contributed by atoms with E-state index >= 15 is 0 Å². The Morgan fingerprint density at radius 1 is 1.26 bits per heavy atom. The van der Waals surface area contributed by atoms with Gasteiger partial charge in [0, 0.05) is 31.5 Å². The van der Waals surface area contributed by atoms with Gasteiger partial charge in [0.2, 0.25) is 5.91 Å². The Kier molecular flexibility index (Phi) is 5.98. The van der Waals surface area contributed by atoms with Gasteiger partial charge in [0.1, 0.15) is 0 Å². The van der Waals surface area contributed by atoms with Crippen molar-refractivity contribution in [2.24, 2.45) is 0 Å². The summed E-state index contributed by atoms with van der Waals surface area (Å²) in [6.45, 7) is 4.03. The van der Waals surface area contributed by atoms with Crippen LogP contribution in [-0.2, 0) is 21.2 Å². The van der Waals surface area contributed by atoms with Crippen LogP contribution in [0.3, 0.4) is 0 Å². The Hall–Kier alpha value is -1.40. The predicted molar refractivity (Wildman–Crippen MR) is 76.8 cm³/mol. The van der Waals surface area contributed by atoms with E-state index in [-0.39, 0.29) is 17.4 Å². The summed E-state index contributed by atoms with van der Waals surface area (Å²) in [5.74, 6) is 0.171. The van der Waals surface area contributed by atoms with E-state index in [1.165, 1.54) is 6.92 Å². The molecule has 0 saturated heterocycles. The zero-order chi connectivity index (χ0) is 14.3. The number of carbonyl (C=O) groups is 1. The molecule has 0 aliphatic heterocycles. The summed E-state index contributed by atoms with van der Waals surface area (Å²) in [6.07, 6.45) is 0. The van der Waals surface area contributed by atoms with Gasteiger partial charge in [-0.3, -0.25) is 4.79 Å². The number of amides is 1. The zero-order valence-corrected chi connectivity index (χ0v) is 12.1. The molecule has 1 amide bonds. The average molecular weight is 284 g/mol. The number of nitrogens with one attached hydrogen (secondary N) is 2. The molecule has 1 aromatic carbocycles. The van der Waals surface area contributed by atoms with Gasteiger partial charge < -0.3 is 10.6 Å². The maximum absolute atomic E-state index is 11.3. The molecule has 2 N–H and O–H groups in total. The third-order valence-electron chi connectivity index (χ3n) is 2.67. The smallest absolute Gasteiger partial charge is 0.221 e. The SMILES string of the molecule is CCS(=O)(=O)CCNCc1ccccc1NC(C)=O. The van der Waals surface area contributed by atoms with Crippen LogP contribution in [0.2, 0.25) is 0 Å². The number of para-hydroxylation sites is 1. The Morgan fingerprint density at radius 3 is 2.58 bits per heavy atom. The van der Waals surface area contributed by atoms with Crippen molar-refractivity contribution < 1.29 is 13.2 Å². The number of sulfone groups is 1. The zero-order valence-electron chi connectivity index (χ0n) is 11.3. The number of hydrogen-bond acceptors (Lipinski definition) is 4. The molecule has 106 valence electrons. The minimum atomic E-state index is -2.94. The fourth-order valence-corrected chi connectivity index (χ4v) is 2.33. The van der Waals surface area contributed by atoms with Gasteiger partial charge in [-0.25, -0.2) is 8.42 Å². The van der Waals surface area contributed by atoms with Crippen LogP contribution in [-0.4, -0.2) is 32.4 Å². The molecule has 0 radical (unpaired) electrons. The highest BCUT2D eigenvalue weighted by molar-refractivity contribution is 7.91. The summed E-state index contributed by atoms with van der Waals surface area (Å²) in [6, 6.07) is 7.44. The third-order valence-corrected chi connectivity index (χ3v) is 4.38. The Balaban J connectivity index is 2.51. The average Bonchev–Trinajstić information content (AvgIpc) is 2.36. The summed E-state index contributed by atoms with van der Waals surface area (Å²) in [4.78, 5) is 11.1. The summed E-state index contributed by atoms with van der Waals surface area (Å²) < 4.78 is 22.7. The molecule has 6 heteroatoms. The lowest BCUT2D eigenvalue weighted by atomic mass is 10.1. The second-order valence-corrected chi connectivity index (χ2v) is 6.72. The number of rotatable bonds is 7. The second-order valence-electron chi connectivity index (χ2n) is 4.25. The van der Waals surface area contributed by atoms with E-state index < -0.39 is 9.84 Å². The fraction of sp³-hybridized carbons (Fsp3) is 0.462. The van der Waals surface area contributed by atoms with E-state index in [0.29, 0.717) is 13.1 Å².